The minimum atomic E-state index is -3.37. The van der Waals surface area contributed by atoms with E-state index < -0.39 is 10.0 Å². The zero-order valence-electron chi connectivity index (χ0n) is 16.1. The van der Waals surface area contributed by atoms with Crippen LogP contribution in [0.15, 0.2) is 36.4 Å². The zero-order chi connectivity index (χ0) is 21.3. The van der Waals surface area contributed by atoms with Crippen molar-refractivity contribution in [2.24, 2.45) is 0 Å². The standard InChI is InChI=1S/C19H19ClN2O5S2/c1-22(29(4,24)25)12-5-6-17-11(7-12)8-18(28-17)19(23)21-14-10-15(26-2)13(20)9-16(14)27-3/h5-10H,1-4H3,(H,21,23). The topological polar surface area (TPSA) is 84.9 Å². The number of hydrogen-bond acceptors (Lipinski definition) is 6. The molecule has 0 bridgehead atoms. The number of nitrogens with zero attached hydrogens (tertiary/aromatic N) is 1. The molecule has 29 heavy (non-hydrogen) atoms. The molecule has 3 rings (SSSR count). The molecule has 0 atom stereocenters. The second-order valence-electron chi connectivity index (χ2n) is 6.20. The number of amides is 1. The molecule has 1 amide bonds. The average Bonchev–Trinajstić information content (AvgIpc) is 3.11. The first kappa shape index (κ1) is 21.2. The van der Waals surface area contributed by atoms with Gasteiger partial charge in [-0.3, -0.25) is 9.10 Å². The molecule has 0 fully saturated rings. The highest BCUT2D eigenvalue weighted by Crippen LogP contribution is 2.37. The van der Waals surface area contributed by atoms with Crippen LogP contribution in [0.2, 0.25) is 5.02 Å². The second kappa shape index (κ2) is 8.10. The van der Waals surface area contributed by atoms with Gasteiger partial charge in [-0.25, -0.2) is 8.42 Å². The number of hydrogen-bond donors (Lipinski definition) is 1. The van der Waals surface area contributed by atoms with Crippen molar-refractivity contribution in [2.45, 2.75) is 0 Å². The maximum Gasteiger partial charge on any atom is 0.265 e. The van der Waals surface area contributed by atoms with Crippen LogP contribution in [0.25, 0.3) is 10.1 Å². The Kier molecular flexibility index (Phi) is 5.92. The first-order valence-corrected chi connectivity index (χ1v) is 11.4. The largest absolute Gasteiger partial charge is 0.495 e. The van der Waals surface area contributed by atoms with E-state index in [1.165, 1.54) is 36.9 Å². The van der Waals surface area contributed by atoms with E-state index in [4.69, 9.17) is 21.1 Å². The number of anilines is 2. The lowest BCUT2D eigenvalue weighted by Crippen LogP contribution is -2.24. The highest BCUT2D eigenvalue weighted by Gasteiger charge is 2.17. The van der Waals surface area contributed by atoms with Crippen LogP contribution in [0, 0.1) is 0 Å². The van der Waals surface area contributed by atoms with Crippen LogP contribution in [0.3, 0.4) is 0 Å². The van der Waals surface area contributed by atoms with Crippen LogP contribution in [0.5, 0.6) is 11.5 Å². The van der Waals surface area contributed by atoms with Gasteiger partial charge in [-0.15, -0.1) is 11.3 Å². The normalized spacial score (nSPS) is 11.3. The van der Waals surface area contributed by atoms with Gasteiger partial charge in [0, 0.05) is 23.9 Å². The third-order valence-electron chi connectivity index (χ3n) is 4.31. The highest BCUT2D eigenvalue weighted by atomic mass is 35.5. The molecule has 0 aliphatic heterocycles. The highest BCUT2D eigenvalue weighted by molar-refractivity contribution is 7.92. The zero-order valence-corrected chi connectivity index (χ0v) is 18.5. The summed E-state index contributed by atoms with van der Waals surface area (Å²) in [5.74, 6) is 0.488. The van der Waals surface area contributed by atoms with Gasteiger partial charge in [0.05, 0.1) is 41.7 Å². The molecule has 0 aliphatic rings. The third kappa shape index (κ3) is 4.42. The van der Waals surface area contributed by atoms with Gasteiger partial charge < -0.3 is 14.8 Å². The lowest BCUT2D eigenvalue weighted by molar-refractivity contribution is 0.103. The molecular weight excluding hydrogens is 436 g/mol. The smallest absolute Gasteiger partial charge is 0.265 e. The predicted octanol–water partition coefficient (Wildman–Crippen LogP) is 4.22. The number of thiophene rings is 1. The molecule has 0 saturated heterocycles. The Bertz CT molecular complexity index is 1190. The van der Waals surface area contributed by atoms with Gasteiger partial charge in [-0.1, -0.05) is 11.6 Å². The predicted molar refractivity (Wildman–Crippen MR) is 118 cm³/mol. The Morgan fingerprint density at radius 1 is 1.10 bits per heavy atom. The van der Waals surface area contributed by atoms with Crippen LogP contribution < -0.4 is 19.1 Å². The quantitative estimate of drug-likeness (QED) is 0.602. The van der Waals surface area contributed by atoms with Gasteiger partial charge >= 0.3 is 0 Å². The van der Waals surface area contributed by atoms with Crippen LogP contribution in [0.1, 0.15) is 9.67 Å². The first-order chi connectivity index (χ1) is 13.6. The van der Waals surface area contributed by atoms with Gasteiger partial charge in [0.15, 0.2) is 0 Å². The summed E-state index contributed by atoms with van der Waals surface area (Å²) in [6, 6.07) is 10.1. The Hall–Kier alpha value is -2.49. The van der Waals surface area contributed by atoms with E-state index in [0.717, 1.165) is 16.3 Å². The summed E-state index contributed by atoms with van der Waals surface area (Å²) in [6.45, 7) is 0. The van der Waals surface area contributed by atoms with Crippen molar-refractivity contribution in [1.82, 2.24) is 0 Å². The molecule has 0 saturated carbocycles. The van der Waals surface area contributed by atoms with Crippen molar-refractivity contribution >= 4 is 60.3 Å². The number of nitrogens with one attached hydrogen (secondary N) is 1. The number of rotatable bonds is 6. The average molecular weight is 455 g/mol. The molecular formula is C19H19ClN2O5S2. The Morgan fingerprint density at radius 2 is 1.79 bits per heavy atom. The molecule has 0 aliphatic carbocycles. The number of ether oxygens (including phenoxy) is 2. The fourth-order valence-corrected chi connectivity index (χ4v) is 4.34. The Morgan fingerprint density at radius 3 is 2.41 bits per heavy atom. The minimum Gasteiger partial charge on any atom is -0.495 e. The number of sulfonamides is 1. The van der Waals surface area contributed by atoms with E-state index in [0.29, 0.717) is 32.8 Å². The van der Waals surface area contributed by atoms with Crippen molar-refractivity contribution in [3.8, 4) is 11.5 Å². The van der Waals surface area contributed by atoms with Crippen LogP contribution in [-0.4, -0.2) is 41.8 Å². The maximum atomic E-state index is 12.8. The van der Waals surface area contributed by atoms with E-state index in [1.807, 2.05) is 0 Å². The van der Waals surface area contributed by atoms with Crippen molar-refractivity contribution in [3.63, 3.8) is 0 Å². The maximum absolute atomic E-state index is 12.8. The monoisotopic (exact) mass is 454 g/mol. The van der Waals surface area contributed by atoms with E-state index >= 15 is 0 Å². The van der Waals surface area contributed by atoms with E-state index in [-0.39, 0.29) is 5.91 Å². The number of benzene rings is 2. The summed E-state index contributed by atoms with van der Waals surface area (Å²) in [5.41, 5.74) is 0.947. The number of carbonyl (C=O) groups is 1. The summed E-state index contributed by atoms with van der Waals surface area (Å²) >= 11 is 7.40. The van der Waals surface area contributed by atoms with Crippen molar-refractivity contribution in [2.75, 3.05) is 37.1 Å². The van der Waals surface area contributed by atoms with Gasteiger partial charge in [-0.05, 0) is 29.7 Å². The minimum absolute atomic E-state index is 0.327. The van der Waals surface area contributed by atoms with Gasteiger partial charge in [-0.2, -0.15) is 0 Å². The van der Waals surface area contributed by atoms with Crippen molar-refractivity contribution in [3.05, 3.63) is 46.3 Å². The number of carbonyl (C=O) groups excluding carboxylic acids is 1. The van der Waals surface area contributed by atoms with Gasteiger partial charge in [0.2, 0.25) is 10.0 Å². The SMILES string of the molecule is COc1cc(NC(=O)c2cc3cc(N(C)S(C)(=O)=O)ccc3s2)c(OC)cc1Cl. The second-order valence-corrected chi connectivity index (χ2v) is 9.71. The number of halogens is 1. The summed E-state index contributed by atoms with van der Waals surface area (Å²) in [7, 11) is 1.07. The summed E-state index contributed by atoms with van der Waals surface area (Å²) in [5, 5.41) is 3.94. The molecule has 0 radical (unpaired) electrons. The molecule has 2 aromatic carbocycles. The van der Waals surface area contributed by atoms with Crippen molar-refractivity contribution in [1.29, 1.82) is 0 Å². The number of fused-ring (bicyclic) bond motifs is 1. The fraction of sp³-hybridized carbons (Fsp3) is 0.211. The summed E-state index contributed by atoms with van der Waals surface area (Å²) < 4.78 is 36.0. The molecule has 154 valence electrons. The van der Waals surface area contributed by atoms with Crippen LogP contribution in [-0.2, 0) is 10.0 Å². The summed E-state index contributed by atoms with van der Waals surface area (Å²) in [4.78, 5) is 13.2. The first-order valence-electron chi connectivity index (χ1n) is 8.34. The van der Waals surface area contributed by atoms with E-state index in [1.54, 1.807) is 36.4 Å². The molecule has 7 nitrogen and oxygen atoms in total. The fourth-order valence-electron chi connectivity index (χ4n) is 2.67. The molecule has 3 aromatic rings. The van der Waals surface area contributed by atoms with Crippen LogP contribution >= 0.6 is 22.9 Å². The lowest BCUT2D eigenvalue weighted by atomic mass is 10.2. The molecule has 0 spiro atoms. The molecule has 10 heteroatoms. The molecule has 1 heterocycles. The van der Waals surface area contributed by atoms with Crippen molar-refractivity contribution < 1.29 is 22.7 Å². The Labute approximate surface area is 177 Å². The summed E-state index contributed by atoms with van der Waals surface area (Å²) in [6.07, 6.45) is 1.14. The lowest BCUT2D eigenvalue weighted by Gasteiger charge is -2.16. The Balaban J connectivity index is 1.92. The molecule has 0 unspecified atom stereocenters. The van der Waals surface area contributed by atoms with Gasteiger partial charge in [0.25, 0.3) is 5.91 Å². The van der Waals surface area contributed by atoms with E-state index in [2.05, 4.69) is 5.32 Å². The van der Waals surface area contributed by atoms with E-state index in [9.17, 15) is 13.2 Å². The molecule has 1 N–H and O–H groups in total. The molecule has 1 aromatic heterocycles. The third-order valence-corrected chi connectivity index (χ3v) is 6.92. The van der Waals surface area contributed by atoms with Crippen LogP contribution in [0.4, 0.5) is 11.4 Å². The van der Waals surface area contributed by atoms with Gasteiger partial charge in [0.1, 0.15) is 11.5 Å². The number of methoxy groups -OCH3 is 2.